The highest BCUT2D eigenvalue weighted by molar-refractivity contribution is 5.46. The molecule has 0 aromatic rings. The summed E-state index contributed by atoms with van der Waals surface area (Å²) >= 11 is 0. The number of aliphatic imine (C=N–C) groups is 1. The lowest BCUT2D eigenvalue weighted by atomic mass is 11.1. The van der Waals surface area contributed by atoms with Gasteiger partial charge in [0.1, 0.15) is 6.73 Å². The number of hydrogen-bond donors (Lipinski definition) is 0. The Morgan fingerprint density at radius 3 is 2.83 bits per heavy atom. The SMILES string of the molecule is C1=NCOCO1. The van der Waals surface area contributed by atoms with E-state index in [2.05, 4.69) is 14.5 Å². The first-order chi connectivity index (χ1) is 3.00. The molecule has 0 aliphatic carbocycles. The molecule has 3 heteroatoms. The second kappa shape index (κ2) is 1.77. The zero-order valence-corrected chi connectivity index (χ0v) is 3.26. The van der Waals surface area contributed by atoms with Gasteiger partial charge in [-0.15, -0.1) is 0 Å². The highest BCUT2D eigenvalue weighted by atomic mass is 16.7. The lowest BCUT2D eigenvalue weighted by Gasteiger charge is -2.02. The second-order valence-corrected chi connectivity index (χ2v) is 0.906. The van der Waals surface area contributed by atoms with Crippen LogP contribution in [0.5, 0.6) is 0 Å². The Balaban J connectivity index is 2.26. The van der Waals surface area contributed by atoms with Crippen molar-refractivity contribution in [2.75, 3.05) is 13.5 Å². The molecule has 1 rings (SSSR count). The van der Waals surface area contributed by atoms with Crippen LogP contribution in [-0.4, -0.2) is 19.9 Å². The van der Waals surface area contributed by atoms with E-state index in [1.165, 1.54) is 6.40 Å². The fraction of sp³-hybridized carbons (Fsp3) is 0.667. The van der Waals surface area contributed by atoms with Crippen LogP contribution in [0, 0.1) is 0 Å². The Labute approximate surface area is 35.6 Å². The minimum absolute atomic E-state index is 0.351. The average Bonchev–Trinajstić information content (AvgIpc) is 1.72. The van der Waals surface area contributed by atoms with Gasteiger partial charge in [-0.1, -0.05) is 0 Å². The maximum absolute atomic E-state index is 4.65. The molecule has 1 heterocycles. The van der Waals surface area contributed by atoms with Gasteiger partial charge in [0.15, 0.2) is 13.2 Å². The molecule has 0 saturated carbocycles. The summed E-state index contributed by atoms with van der Waals surface area (Å²) in [6, 6.07) is 0. The molecular formula is C3H5NO2. The van der Waals surface area contributed by atoms with E-state index in [0.717, 1.165) is 0 Å². The first kappa shape index (κ1) is 3.61. The Kier molecular flexibility index (Phi) is 1.06. The molecule has 0 unspecified atom stereocenters. The van der Waals surface area contributed by atoms with Crippen LogP contribution in [0.25, 0.3) is 0 Å². The molecule has 0 saturated heterocycles. The van der Waals surface area contributed by atoms with Crippen LogP contribution in [0.15, 0.2) is 4.99 Å². The van der Waals surface area contributed by atoms with Gasteiger partial charge in [0.25, 0.3) is 0 Å². The van der Waals surface area contributed by atoms with Crippen molar-refractivity contribution in [2.24, 2.45) is 4.99 Å². The van der Waals surface area contributed by atoms with Crippen molar-refractivity contribution < 1.29 is 9.47 Å². The van der Waals surface area contributed by atoms with Crippen LogP contribution < -0.4 is 0 Å². The summed E-state index contributed by atoms with van der Waals surface area (Å²) in [5.74, 6) is 0. The van der Waals surface area contributed by atoms with Crippen molar-refractivity contribution in [2.45, 2.75) is 0 Å². The minimum Gasteiger partial charge on any atom is -0.457 e. The van der Waals surface area contributed by atoms with Crippen LogP contribution in [0.2, 0.25) is 0 Å². The first-order valence-electron chi connectivity index (χ1n) is 1.68. The molecule has 1 aliphatic rings. The van der Waals surface area contributed by atoms with Crippen LogP contribution in [-0.2, 0) is 9.47 Å². The molecule has 0 spiro atoms. The standard InChI is InChI=1S/C3H5NO2/c1-4-2-6-3-5-1/h1H,2-3H2. The van der Waals surface area contributed by atoms with Gasteiger partial charge in [-0.2, -0.15) is 0 Å². The van der Waals surface area contributed by atoms with Gasteiger partial charge < -0.3 is 9.47 Å². The third-order valence-corrected chi connectivity index (χ3v) is 0.466. The smallest absolute Gasteiger partial charge is 0.192 e. The predicted molar refractivity (Wildman–Crippen MR) is 20.4 cm³/mol. The zero-order valence-electron chi connectivity index (χ0n) is 3.26. The Bertz CT molecular complexity index is 53.8. The Hall–Kier alpha value is -0.570. The van der Waals surface area contributed by atoms with Crippen molar-refractivity contribution in [3.05, 3.63) is 0 Å². The molecule has 0 bridgehead atoms. The zero-order chi connectivity index (χ0) is 4.24. The molecule has 3 nitrogen and oxygen atoms in total. The largest absolute Gasteiger partial charge is 0.457 e. The van der Waals surface area contributed by atoms with Crippen LogP contribution >= 0.6 is 0 Å². The van der Waals surface area contributed by atoms with Crippen molar-refractivity contribution in [3.63, 3.8) is 0 Å². The van der Waals surface area contributed by atoms with Crippen LogP contribution in [0.1, 0.15) is 0 Å². The van der Waals surface area contributed by atoms with E-state index < -0.39 is 0 Å². The number of nitrogens with zero attached hydrogens (tertiary/aromatic N) is 1. The maximum atomic E-state index is 4.65. The quantitative estimate of drug-likeness (QED) is 0.415. The molecule has 34 valence electrons. The molecule has 0 amide bonds. The average molecular weight is 87.1 g/mol. The number of ether oxygens (including phenoxy) is 2. The normalized spacial score (nSPS) is 20.0. The molecule has 0 aromatic heterocycles. The highest BCUT2D eigenvalue weighted by Gasteiger charge is 1.85. The van der Waals surface area contributed by atoms with E-state index in [1.54, 1.807) is 0 Å². The molecule has 0 fully saturated rings. The molecule has 0 aromatic carbocycles. The van der Waals surface area contributed by atoms with E-state index in [4.69, 9.17) is 0 Å². The summed E-state index contributed by atoms with van der Waals surface area (Å²) in [5.41, 5.74) is 0. The van der Waals surface area contributed by atoms with E-state index in [9.17, 15) is 0 Å². The minimum atomic E-state index is 0.351. The third kappa shape index (κ3) is 0.687. The van der Waals surface area contributed by atoms with Gasteiger partial charge in [-0.25, -0.2) is 4.99 Å². The van der Waals surface area contributed by atoms with Gasteiger partial charge in [0.05, 0.1) is 0 Å². The summed E-state index contributed by atoms with van der Waals surface area (Å²) in [5, 5.41) is 0. The summed E-state index contributed by atoms with van der Waals surface area (Å²) in [4.78, 5) is 3.61. The maximum Gasteiger partial charge on any atom is 0.192 e. The van der Waals surface area contributed by atoms with E-state index >= 15 is 0 Å². The summed E-state index contributed by atoms with van der Waals surface area (Å²) in [6.45, 7) is 0.795. The van der Waals surface area contributed by atoms with Crippen molar-refractivity contribution in [1.82, 2.24) is 0 Å². The van der Waals surface area contributed by atoms with E-state index in [-0.39, 0.29) is 0 Å². The Morgan fingerprint density at radius 2 is 2.67 bits per heavy atom. The third-order valence-electron chi connectivity index (χ3n) is 0.466. The second-order valence-electron chi connectivity index (χ2n) is 0.906. The summed E-state index contributed by atoms with van der Waals surface area (Å²) < 4.78 is 9.20. The molecule has 1 aliphatic heterocycles. The molecule has 0 radical (unpaired) electrons. The fourth-order valence-corrected chi connectivity index (χ4v) is 0.252. The van der Waals surface area contributed by atoms with Crippen molar-refractivity contribution in [3.8, 4) is 0 Å². The van der Waals surface area contributed by atoms with Gasteiger partial charge in [0, 0.05) is 0 Å². The predicted octanol–water partition coefficient (Wildman–Crippen LogP) is -0.0235. The van der Waals surface area contributed by atoms with Crippen LogP contribution in [0.4, 0.5) is 0 Å². The van der Waals surface area contributed by atoms with Gasteiger partial charge in [0.2, 0.25) is 0 Å². The lowest BCUT2D eigenvalue weighted by molar-refractivity contribution is -0.00123. The van der Waals surface area contributed by atoms with Crippen LogP contribution in [0.3, 0.4) is 0 Å². The topological polar surface area (TPSA) is 30.8 Å². The summed E-state index contributed by atoms with van der Waals surface area (Å²) in [6.07, 6.45) is 1.39. The lowest BCUT2D eigenvalue weighted by Crippen LogP contribution is -2.04. The van der Waals surface area contributed by atoms with Crippen molar-refractivity contribution >= 4 is 6.40 Å². The fourth-order valence-electron chi connectivity index (χ4n) is 0.252. The highest BCUT2D eigenvalue weighted by Crippen LogP contribution is 1.81. The van der Waals surface area contributed by atoms with Gasteiger partial charge in [-0.3, -0.25) is 0 Å². The molecule has 0 N–H and O–H groups in total. The molecule has 0 atom stereocenters. The first-order valence-corrected chi connectivity index (χ1v) is 1.68. The van der Waals surface area contributed by atoms with E-state index in [1.807, 2.05) is 0 Å². The molecular weight excluding hydrogens is 82.0 g/mol. The number of rotatable bonds is 0. The monoisotopic (exact) mass is 87.0 g/mol. The van der Waals surface area contributed by atoms with Gasteiger partial charge >= 0.3 is 0 Å². The van der Waals surface area contributed by atoms with E-state index in [0.29, 0.717) is 13.5 Å². The number of hydrogen-bond acceptors (Lipinski definition) is 3. The van der Waals surface area contributed by atoms with Crippen molar-refractivity contribution in [1.29, 1.82) is 0 Å². The summed E-state index contributed by atoms with van der Waals surface area (Å²) in [7, 11) is 0. The molecule has 6 heavy (non-hydrogen) atoms. The Morgan fingerprint density at radius 1 is 1.67 bits per heavy atom. The van der Waals surface area contributed by atoms with Gasteiger partial charge in [-0.05, 0) is 0 Å².